The minimum absolute atomic E-state index is 0.0268. The monoisotopic (exact) mass is 266 g/mol. The van der Waals surface area contributed by atoms with Crippen molar-refractivity contribution in [2.75, 3.05) is 20.1 Å². The maximum Gasteiger partial charge on any atom is 0.125 e. The van der Waals surface area contributed by atoms with Gasteiger partial charge in [-0.15, -0.1) is 0 Å². The Morgan fingerprint density at radius 1 is 1.50 bits per heavy atom. The van der Waals surface area contributed by atoms with Crippen LogP contribution < -0.4 is 10.5 Å². The molecule has 18 heavy (non-hydrogen) atoms. The summed E-state index contributed by atoms with van der Waals surface area (Å²) in [4.78, 5) is 2.33. The quantitative estimate of drug-likeness (QED) is 0.784. The van der Waals surface area contributed by atoms with Crippen LogP contribution in [0, 0.1) is 0 Å². The van der Waals surface area contributed by atoms with Crippen molar-refractivity contribution in [2.45, 2.75) is 30.9 Å². The minimum atomic E-state index is -0.104. The SMILES string of the molecule is CN1CCCC2(C[C@H](N)c3cc(Cl)ccc3O2)C1. The van der Waals surface area contributed by atoms with Crippen LogP contribution in [-0.2, 0) is 0 Å². The van der Waals surface area contributed by atoms with Gasteiger partial charge in [0.1, 0.15) is 11.4 Å². The topological polar surface area (TPSA) is 38.5 Å². The molecule has 2 aliphatic heterocycles. The van der Waals surface area contributed by atoms with Gasteiger partial charge in [0.2, 0.25) is 0 Å². The summed E-state index contributed by atoms with van der Waals surface area (Å²) in [7, 11) is 2.15. The number of ether oxygens (including phenoxy) is 1. The van der Waals surface area contributed by atoms with Crippen LogP contribution in [0.2, 0.25) is 5.02 Å². The molecule has 98 valence electrons. The summed E-state index contributed by atoms with van der Waals surface area (Å²) in [6.07, 6.45) is 3.14. The first-order chi connectivity index (χ1) is 8.58. The lowest BCUT2D eigenvalue weighted by Crippen LogP contribution is -2.53. The molecule has 2 N–H and O–H groups in total. The second-order valence-electron chi connectivity index (χ2n) is 5.62. The fourth-order valence-electron chi connectivity index (χ4n) is 3.26. The van der Waals surface area contributed by atoms with Crippen LogP contribution in [-0.4, -0.2) is 30.6 Å². The third-order valence-corrected chi connectivity index (χ3v) is 4.26. The van der Waals surface area contributed by atoms with Crippen LogP contribution in [0.1, 0.15) is 30.9 Å². The zero-order chi connectivity index (χ0) is 12.8. The highest BCUT2D eigenvalue weighted by molar-refractivity contribution is 6.30. The van der Waals surface area contributed by atoms with Crippen molar-refractivity contribution in [3.8, 4) is 5.75 Å². The Balaban J connectivity index is 1.93. The van der Waals surface area contributed by atoms with E-state index < -0.39 is 0 Å². The lowest BCUT2D eigenvalue weighted by molar-refractivity contribution is -0.0233. The number of fused-ring (bicyclic) bond motifs is 1. The fraction of sp³-hybridized carbons (Fsp3) is 0.571. The van der Waals surface area contributed by atoms with E-state index in [1.54, 1.807) is 0 Å². The second kappa shape index (κ2) is 4.41. The van der Waals surface area contributed by atoms with Crippen molar-refractivity contribution >= 4 is 11.6 Å². The van der Waals surface area contributed by atoms with E-state index in [1.807, 2.05) is 18.2 Å². The molecule has 0 radical (unpaired) electrons. The van der Waals surface area contributed by atoms with Gasteiger partial charge >= 0.3 is 0 Å². The number of rotatable bonds is 0. The Hall–Kier alpha value is -0.770. The number of benzene rings is 1. The molecular formula is C14H19ClN2O. The normalized spacial score (nSPS) is 32.1. The number of piperidine rings is 1. The van der Waals surface area contributed by atoms with Crippen molar-refractivity contribution in [2.24, 2.45) is 5.73 Å². The number of nitrogens with zero attached hydrogens (tertiary/aromatic N) is 1. The van der Waals surface area contributed by atoms with Crippen molar-refractivity contribution in [3.63, 3.8) is 0 Å². The molecule has 1 aromatic rings. The van der Waals surface area contributed by atoms with E-state index >= 15 is 0 Å². The predicted octanol–water partition coefficient (Wildman–Crippen LogP) is 2.59. The second-order valence-corrected chi connectivity index (χ2v) is 6.06. The Labute approximate surface area is 113 Å². The fourth-order valence-corrected chi connectivity index (χ4v) is 3.44. The van der Waals surface area contributed by atoms with E-state index in [-0.39, 0.29) is 11.6 Å². The highest BCUT2D eigenvalue weighted by Gasteiger charge is 2.42. The molecule has 1 aromatic carbocycles. The molecule has 0 saturated carbocycles. The Morgan fingerprint density at radius 2 is 2.33 bits per heavy atom. The van der Waals surface area contributed by atoms with Crippen molar-refractivity contribution in [3.05, 3.63) is 28.8 Å². The van der Waals surface area contributed by atoms with Crippen LogP contribution >= 0.6 is 11.6 Å². The van der Waals surface area contributed by atoms with E-state index in [2.05, 4.69) is 11.9 Å². The number of likely N-dealkylation sites (tertiary alicyclic amines) is 1. The number of likely N-dealkylation sites (N-methyl/N-ethyl adjacent to an activating group) is 1. The summed E-state index contributed by atoms with van der Waals surface area (Å²) in [6, 6.07) is 5.78. The van der Waals surface area contributed by atoms with Gasteiger partial charge in [-0.2, -0.15) is 0 Å². The highest BCUT2D eigenvalue weighted by Crippen LogP contribution is 2.43. The average molecular weight is 267 g/mol. The summed E-state index contributed by atoms with van der Waals surface area (Å²) in [5.41, 5.74) is 7.25. The van der Waals surface area contributed by atoms with E-state index in [9.17, 15) is 0 Å². The minimum Gasteiger partial charge on any atom is -0.486 e. The van der Waals surface area contributed by atoms with E-state index in [0.717, 1.165) is 42.3 Å². The molecule has 1 saturated heterocycles. The van der Waals surface area contributed by atoms with Crippen molar-refractivity contribution in [1.29, 1.82) is 0 Å². The van der Waals surface area contributed by atoms with Gasteiger partial charge in [0.15, 0.2) is 0 Å². The van der Waals surface area contributed by atoms with Gasteiger partial charge in [-0.25, -0.2) is 0 Å². The smallest absolute Gasteiger partial charge is 0.125 e. The molecule has 2 heterocycles. The van der Waals surface area contributed by atoms with Gasteiger partial charge in [0.05, 0.1) is 0 Å². The number of hydrogen-bond acceptors (Lipinski definition) is 3. The highest BCUT2D eigenvalue weighted by atomic mass is 35.5. The van der Waals surface area contributed by atoms with Crippen LogP contribution in [0.3, 0.4) is 0 Å². The number of halogens is 1. The van der Waals surface area contributed by atoms with Gasteiger partial charge < -0.3 is 15.4 Å². The summed E-state index contributed by atoms with van der Waals surface area (Å²) < 4.78 is 6.28. The first-order valence-electron chi connectivity index (χ1n) is 6.51. The van der Waals surface area contributed by atoms with Crippen LogP contribution in [0.25, 0.3) is 0 Å². The van der Waals surface area contributed by atoms with E-state index in [1.165, 1.54) is 6.42 Å². The largest absolute Gasteiger partial charge is 0.486 e. The molecule has 1 unspecified atom stereocenters. The molecule has 0 aromatic heterocycles. The molecule has 1 fully saturated rings. The Bertz CT molecular complexity index is 465. The maximum atomic E-state index is 6.31. The summed E-state index contributed by atoms with van der Waals surface area (Å²) in [5.74, 6) is 0.911. The zero-order valence-electron chi connectivity index (χ0n) is 10.7. The first kappa shape index (κ1) is 12.3. The molecule has 4 heteroatoms. The summed E-state index contributed by atoms with van der Waals surface area (Å²) in [6.45, 7) is 2.11. The molecule has 3 rings (SSSR count). The number of hydrogen-bond donors (Lipinski definition) is 1. The molecule has 3 nitrogen and oxygen atoms in total. The zero-order valence-corrected chi connectivity index (χ0v) is 11.4. The van der Waals surface area contributed by atoms with Crippen molar-refractivity contribution < 1.29 is 4.74 Å². The molecule has 0 bridgehead atoms. The van der Waals surface area contributed by atoms with Crippen molar-refractivity contribution in [1.82, 2.24) is 4.90 Å². The molecule has 2 aliphatic rings. The molecule has 0 aliphatic carbocycles. The summed E-state index contributed by atoms with van der Waals surface area (Å²) in [5, 5.41) is 0.726. The van der Waals surface area contributed by atoms with Gasteiger partial charge in [-0.1, -0.05) is 11.6 Å². The van der Waals surface area contributed by atoms with Crippen LogP contribution in [0.5, 0.6) is 5.75 Å². The molecule has 0 amide bonds. The number of nitrogens with two attached hydrogens (primary N) is 1. The average Bonchev–Trinajstić information content (AvgIpc) is 2.30. The Kier molecular flexibility index (Phi) is 3.00. The van der Waals surface area contributed by atoms with Crippen LogP contribution in [0.15, 0.2) is 18.2 Å². The summed E-state index contributed by atoms with van der Waals surface area (Å²) >= 11 is 6.02. The first-order valence-corrected chi connectivity index (χ1v) is 6.88. The predicted molar refractivity (Wildman–Crippen MR) is 73.1 cm³/mol. The van der Waals surface area contributed by atoms with E-state index in [0.29, 0.717) is 0 Å². The lowest BCUT2D eigenvalue weighted by atomic mass is 9.82. The third-order valence-electron chi connectivity index (χ3n) is 4.02. The maximum absolute atomic E-state index is 6.31. The van der Waals surface area contributed by atoms with Crippen LogP contribution in [0.4, 0.5) is 0 Å². The lowest BCUT2D eigenvalue weighted by Gasteiger charge is -2.46. The van der Waals surface area contributed by atoms with E-state index in [4.69, 9.17) is 22.1 Å². The standard InChI is InChI=1S/C14H19ClN2O/c1-17-6-2-5-14(9-17)8-12(16)11-7-10(15)3-4-13(11)18-14/h3-4,7,12H,2,5-6,8-9,16H2,1H3/t12-,14?/m0/s1. The molecule has 1 spiro atoms. The van der Waals surface area contributed by atoms with Gasteiger partial charge in [0.25, 0.3) is 0 Å². The van der Waals surface area contributed by atoms with Gasteiger partial charge in [-0.05, 0) is 44.6 Å². The Morgan fingerprint density at radius 3 is 3.11 bits per heavy atom. The molecular weight excluding hydrogens is 248 g/mol. The third kappa shape index (κ3) is 2.11. The van der Waals surface area contributed by atoms with Gasteiger partial charge in [-0.3, -0.25) is 0 Å². The molecule has 2 atom stereocenters. The van der Waals surface area contributed by atoms with Gasteiger partial charge in [0, 0.05) is 29.6 Å².